The Morgan fingerprint density at radius 3 is 1.76 bits per heavy atom. The Morgan fingerprint density at radius 1 is 0.840 bits per heavy atom. The predicted octanol–water partition coefficient (Wildman–Crippen LogP) is 2.46. The second-order valence-electron chi connectivity index (χ2n) is 5.65. The molecule has 0 saturated heterocycles. The number of hydrogen-bond donors (Lipinski definition) is 2. The summed E-state index contributed by atoms with van der Waals surface area (Å²) in [6.07, 6.45) is 1.74. The van der Waals surface area contributed by atoms with Crippen LogP contribution in [0.3, 0.4) is 0 Å². The zero-order valence-corrected chi connectivity index (χ0v) is 17.9. The normalized spacial score (nSPS) is 11.8. The van der Waals surface area contributed by atoms with Crippen LogP contribution in [0.5, 0.6) is 0 Å². The van der Waals surface area contributed by atoms with Crippen LogP contribution in [-0.4, -0.2) is 72.3 Å². The smallest absolute Gasteiger partial charge is 0.374 e. The number of carbonyl (C=O) groups excluding carboxylic acids is 1. The van der Waals surface area contributed by atoms with Crippen LogP contribution in [-0.2, 0) is 13.3 Å². The first kappa shape index (κ1) is 24.3. The summed E-state index contributed by atoms with van der Waals surface area (Å²) in [7, 11) is -2.60. The van der Waals surface area contributed by atoms with Gasteiger partial charge in [0.05, 0.1) is 0 Å². The molecule has 0 bridgehead atoms. The van der Waals surface area contributed by atoms with E-state index >= 15 is 0 Å². The van der Waals surface area contributed by atoms with E-state index in [9.17, 15) is 4.79 Å². The average molecular weight is 378 g/mol. The summed E-state index contributed by atoms with van der Waals surface area (Å²) in [5.41, 5.74) is 0. The summed E-state index contributed by atoms with van der Waals surface area (Å²) in [5.74, 6) is 0. The lowest BCUT2D eigenvalue weighted by Crippen LogP contribution is -2.46. The van der Waals surface area contributed by atoms with Crippen LogP contribution in [0.15, 0.2) is 0 Å². The number of nitrogens with zero attached hydrogens (tertiary/aromatic N) is 1. The Morgan fingerprint density at radius 2 is 1.32 bits per heavy atom. The van der Waals surface area contributed by atoms with Gasteiger partial charge in [0.1, 0.15) is 0 Å². The summed E-state index contributed by atoms with van der Waals surface area (Å²) < 4.78 is 17.4. The van der Waals surface area contributed by atoms with Crippen molar-refractivity contribution in [2.45, 2.75) is 53.5 Å². The molecule has 0 aromatic carbocycles. The summed E-state index contributed by atoms with van der Waals surface area (Å²) in [5, 5.41) is 5.79. The molecule has 0 aliphatic heterocycles. The van der Waals surface area contributed by atoms with Gasteiger partial charge in [-0.25, -0.2) is 4.79 Å². The van der Waals surface area contributed by atoms with Crippen LogP contribution in [0, 0.1) is 0 Å². The van der Waals surface area contributed by atoms with Crippen LogP contribution < -0.4 is 10.6 Å². The van der Waals surface area contributed by atoms with Crippen LogP contribution in [0.25, 0.3) is 0 Å². The third-order valence-electron chi connectivity index (χ3n) is 3.87. The molecule has 7 nitrogen and oxygen atoms in total. The Bertz CT molecular complexity index is 314. The minimum absolute atomic E-state index is 0.115. The summed E-state index contributed by atoms with van der Waals surface area (Å²) in [6, 6.07) is 0.598. The average Bonchev–Trinajstić information content (AvgIpc) is 2.60. The van der Waals surface area contributed by atoms with Gasteiger partial charge in [0.25, 0.3) is 0 Å². The van der Waals surface area contributed by atoms with E-state index in [0.717, 1.165) is 32.5 Å². The number of urea groups is 1. The second kappa shape index (κ2) is 15.6. The van der Waals surface area contributed by atoms with Crippen molar-refractivity contribution in [1.29, 1.82) is 0 Å². The number of hydrogen-bond acceptors (Lipinski definition) is 5. The molecule has 0 heterocycles. The van der Waals surface area contributed by atoms with E-state index in [1.54, 1.807) is 0 Å². The van der Waals surface area contributed by atoms with Gasteiger partial charge < -0.3 is 28.8 Å². The van der Waals surface area contributed by atoms with Crippen molar-refractivity contribution in [2.75, 3.05) is 52.5 Å². The van der Waals surface area contributed by atoms with Crippen molar-refractivity contribution in [1.82, 2.24) is 15.5 Å². The fourth-order valence-corrected chi connectivity index (χ4v) is 5.23. The first-order valence-electron chi connectivity index (χ1n) is 9.73. The molecule has 0 unspecified atom stereocenters. The number of amides is 2. The highest BCUT2D eigenvalue weighted by Gasteiger charge is 2.39. The van der Waals surface area contributed by atoms with Crippen molar-refractivity contribution in [3.05, 3.63) is 0 Å². The zero-order valence-electron chi connectivity index (χ0n) is 16.9. The fourth-order valence-electron chi connectivity index (χ4n) is 2.61. The van der Waals surface area contributed by atoms with Crippen LogP contribution in [0.2, 0.25) is 6.04 Å². The summed E-state index contributed by atoms with van der Waals surface area (Å²) in [6.45, 7) is 16.3. The first-order valence-corrected chi connectivity index (χ1v) is 11.7. The monoisotopic (exact) mass is 377 g/mol. The maximum atomic E-state index is 11.8. The van der Waals surface area contributed by atoms with E-state index in [-0.39, 0.29) is 6.03 Å². The van der Waals surface area contributed by atoms with Crippen molar-refractivity contribution in [3.63, 3.8) is 0 Å². The molecule has 0 saturated carbocycles. The lowest BCUT2D eigenvalue weighted by molar-refractivity contribution is 0.0708. The van der Waals surface area contributed by atoms with E-state index in [4.69, 9.17) is 13.3 Å². The molecule has 0 atom stereocenters. The van der Waals surface area contributed by atoms with Gasteiger partial charge in [0, 0.05) is 39.0 Å². The summed E-state index contributed by atoms with van der Waals surface area (Å²) in [4.78, 5) is 14.2. The molecule has 25 heavy (non-hydrogen) atoms. The molecule has 0 radical (unpaired) electrons. The van der Waals surface area contributed by atoms with Crippen molar-refractivity contribution in [3.8, 4) is 0 Å². The lowest BCUT2D eigenvalue weighted by atomic mass is 10.3. The minimum Gasteiger partial charge on any atom is -0.374 e. The van der Waals surface area contributed by atoms with E-state index in [1.165, 1.54) is 0 Å². The first-order chi connectivity index (χ1) is 12.1. The molecule has 0 spiro atoms. The van der Waals surface area contributed by atoms with Gasteiger partial charge in [-0.2, -0.15) is 0 Å². The van der Waals surface area contributed by atoms with Gasteiger partial charge in [-0.05, 0) is 53.2 Å². The summed E-state index contributed by atoms with van der Waals surface area (Å²) >= 11 is 0. The SMILES string of the molecule is CCO[Si](CCCNC(=O)NCCCN(CC)CC)(OCC)OCC. The Hall–Kier alpha value is -0.673. The quantitative estimate of drug-likeness (QED) is 0.319. The highest BCUT2D eigenvalue weighted by Crippen LogP contribution is 2.17. The van der Waals surface area contributed by atoms with Crippen molar-refractivity contribution < 1.29 is 18.1 Å². The number of carbonyl (C=O) groups is 1. The maximum absolute atomic E-state index is 11.8. The zero-order chi connectivity index (χ0) is 19.0. The van der Waals surface area contributed by atoms with Crippen molar-refractivity contribution in [2.24, 2.45) is 0 Å². The van der Waals surface area contributed by atoms with Gasteiger partial charge in [-0.1, -0.05) is 13.8 Å². The molecular formula is C17H39N3O4Si. The molecule has 0 aromatic heterocycles. The molecule has 0 aromatic rings. The topological polar surface area (TPSA) is 72.1 Å². The van der Waals surface area contributed by atoms with Crippen LogP contribution >= 0.6 is 0 Å². The molecule has 0 rings (SSSR count). The third-order valence-corrected chi connectivity index (χ3v) is 7.02. The lowest BCUT2D eigenvalue weighted by Gasteiger charge is -2.28. The van der Waals surface area contributed by atoms with Gasteiger partial charge >= 0.3 is 14.8 Å². The van der Waals surface area contributed by atoms with Crippen LogP contribution in [0.4, 0.5) is 4.79 Å². The molecule has 8 heteroatoms. The fraction of sp³-hybridized carbons (Fsp3) is 0.941. The van der Waals surface area contributed by atoms with E-state index in [1.807, 2.05) is 20.8 Å². The third kappa shape index (κ3) is 11.5. The van der Waals surface area contributed by atoms with E-state index in [2.05, 4.69) is 29.4 Å². The minimum atomic E-state index is -2.60. The number of rotatable bonds is 16. The van der Waals surface area contributed by atoms with Gasteiger partial charge in [0.2, 0.25) is 0 Å². The molecule has 0 fully saturated rings. The highest BCUT2D eigenvalue weighted by molar-refractivity contribution is 6.60. The Labute approximate surface area is 155 Å². The molecular weight excluding hydrogens is 338 g/mol. The molecule has 2 N–H and O–H groups in total. The van der Waals surface area contributed by atoms with E-state index in [0.29, 0.717) is 39.0 Å². The maximum Gasteiger partial charge on any atom is 0.500 e. The van der Waals surface area contributed by atoms with Crippen molar-refractivity contribution >= 4 is 14.8 Å². The van der Waals surface area contributed by atoms with Crippen LogP contribution in [0.1, 0.15) is 47.5 Å². The molecule has 0 aliphatic rings. The largest absolute Gasteiger partial charge is 0.500 e. The van der Waals surface area contributed by atoms with Gasteiger partial charge in [0.15, 0.2) is 0 Å². The second-order valence-corrected chi connectivity index (χ2v) is 8.38. The standard InChI is InChI=1S/C17H39N3O4Si/c1-6-20(7-2)15-11-13-18-17(21)19-14-12-16-25(22-8-3,23-9-4)24-10-5/h6-16H2,1-5H3,(H2,18,19,21). The molecule has 0 aliphatic carbocycles. The molecule has 150 valence electrons. The van der Waals surface area contributed by atoms with Gasteiger partial charge in [-0.3, -0.25) is 0 Å². The highest BCUT2D eigenvalue weighted by atomic mass is 28.4. The molecule has 2 amide bonds. The number of nitrogens with one attached hydrogen (secondary N) is 2. The van der Waals surface area contributed by atoms with Gasteiger partial charge in [-0.15, -0.1) is 0 Å². The predicted molar refractivity (Wildman–Crippen MR) is 104 cm³/mol. The Kier molecular flexibility index (Phi) is 15.2. The Balaban J connectivity index is 3.97. The van der Waals surface area contributed by atoms with E-state index < -0.39 is 8.80 Å².